The molecule has 1 aromatic rings. The van der Waals surface area contributed by atoms with Gasteiger partial charge in [0, 0.05) is 11.9 Å². The normalized spacial score (nSPS) is 10.8. The van der Waals surface area contributed by atoms with Gasteiger partial charge in [-0.3, -0.25) is 0 Å². The standard InChI is InChI=1S/C7H11BrN2/c1-5(2)6-4-9-7(3-8)10-6/h4-5H,3H2,1-2H3,(H,9,10). The zero-order valence-corrected chi connectivity index (χ0v) is 7.77. The van der Waals surface area contributed by atoms with Crippen molar-refractivity contribution in [3.05, 3.63) is 17.7 Å². The summed E-state index contributed by atoms with van der Waals surface area (Å²) >= 11 is 3.33. The summed E-state index contributed by atoms with van der Waals surface area (Å²) in [6.45, 7) is 4.29. The molecule has 0 atom stereocenters. The second-order valence-corrected chi connectivity index (χ2v) is 3.13. The van der Waals surface area contributed by atoms with E-state index in [2.05, 4.69) is 39.7 Å². The molecule has 0 amide bonds. The quantitative estimate of drug-likeness (QED) is 0.734. The Morgan fingerprint density at radius 3 is 2.70 bits per heavy atom. The van der Waals surface area contributed by atoms with E-state index in [0.29, 0.717) is 5.92 Å². The monoisotopic (exact) mass is 202 g/mol. The van der Waals surface area contributed by atoms with Crippen LogP contribution in [0, 0.1) is 0 Å². The Bertz CT molecular complexity index is 205. The second kappa shape index (κ2) is 3.19. The molecule has 1 N–H and O–H groups in total. The van der Waals surface area contributed by atoms with Gasteiger partial charge in [-0.15, -0.1) is 0 Å². The van der Waals surface area contributed by atoms with Gasteiger partial charge in [0.2, 0.25) is 0 Å². The van der Waals surface area contributed by atoms with Gasteiger partial charge in [0.15, 0.2) is 0 Å². The molecule has 1 aromatic heterocycles. The van der Waals surface area contributed by atoms with Crippen molar-refractivity contribution in [3.63, 3.8) is 0 Å². The van der Waals surface area contributed by atoms with Crippen LogP contribution in [0.25, 0.3) is 0 Å². The van der Waals surface area contributed by atoms with E-state index in [9.17, 15) is 0 Å². The molecule has 56 valence electrons. The lowest BCUT2D eigenvalue weighted by atomic mass is 10.2. The number of nitrogens with one attached hydrogen (secondary N) is 1. The lowest BCUT2D eigenvalue weighted by molar-refractivity contribution is 0.828. The molecular formula is C7H11BrN2. The number of nitrogens with zero attached hydrogens (tertiary/aromatic N) is 1. The fourth-order valence-corrected chi connectivity index (χ4v) is 1.02. The SMILES string of the molecule is CC(C)c1cnc(CBr)[nH]1. The van der Waals surface area contributed by atoms with Gasteiger partial charge in [-0.05, 0) is 5.92 Å². The van der Waals surface area contributed by atoms with Gasteiger partial charge in [0.05, 0.1) is 5.33 Å². The molecule has 0 aliphatic carbocycles. The molecule has 10 heavy (non-hydrogen) atoms. The number of H-pyrrole nitrogens is 1. The van der Waals surface area contributed by atoms with Crippen LogP contribution in [-0.2, 0) is 5.33 Å². The summed E-state index contributed by atoms with van der Waals surface area (Å²) in [5.74, 6) is 1.55. The highest BCUT2D eigenvalue weighted by molar-refractivity contribution is 9.08. The molecule has 0 saturated carbocycles. The average Bonchev–Trinajstić information content (AvgIpc) is 2.34. The Balaban J connectivity index is 2.78. The first-order chi connectivity index (χ1) is 4.74. The van der Waals surface area contributed by atoms with Gasteiger partial charge in [-0.1, -0.05) is 29.8 Å². The molecule has 0 spiro atoms. The van der Waals surface area contributed by atoms with Crippen LogP contribution in [0.2, 0.25) is 0 Å². The number of aromatic nitrogens is 2. The molecule has 0 fully saturated rings. The molecule has 0 saturated heterocycles. The van der Waals surface area contributed by atoms with E-state index >= 15 is 0 Å². The van der Waals surface area contributed by atoms with Crippen molar-refractivity contribution < 1.29 is 0 Å². The maximum atomic E-state index is 4.15. The Morgan fingerprint density at radius 2 is 2.40 bits per heavy atom. The highest BCUT2D eigenvalue weighted by Gasteiger charge is 2.01. The van der Waals surface area contributed by atoms with Crippen LogP contribution in [0.5, 0.6) is 0 Å². The molecule has 0 unspecified atom stereocenters. The lowest BCUT2D eigenvalue weighted by Crippen LogP contribution is -1.86. The van der Waals surface area contributed by atoms with Gasteiger partial charge < -0.3 is 4.98 Å². The number of alkyl halides is 1. The van der Waals surface area contributed by atoms with Crippen molar-refractivity contribution in [1.29, 1.82) is 0 Å². The van der Waals surface area contributed by atoms with Crippen LogP contribution in [0.1, 0.15) is 31.3 Å². The Kier molecular flexibility index (Phi) is 2.49. The molecule has 0 aliphatic rings. The molecule has 0 aromatic carbocycles. The minimum absolute atomic E-state index is 0.542. The number of hydrogen-bond acceptors (Lipinski definition) is 1. The number of imidazole rings is 1. The van der Waals surface area contributed by atoms with Crippen LogP contribution >= 0.6 is 15.9 Å². The summed E-state index contributed by atoms with van der Waals surface area (Å²) in [4.78, 5) is 7.36. The topological polar surface area (TPSA) is 28.7 Å². The highest BCUT2D eigenvalue weighted by Crippen LogP contribution is 2.11. The minimum atomic E-state index is 0.542. The zero-order chi connectivity index (χ0) is 7.56. The third-order valence-electron chi connectivity index (χ3n) is 1.40. The summed E-state index contributed by atoms with van der Waals surface area (Å²) < 4.78 is 0. The fraction of sp³-hybridized carbons (Fsp3) is 0.571. The van der Waals surface area contributed by atoms with Crippen LogP contribution in [0.4, 0.5) is 0 Å². The van der Waals surface area contributed by atoms with Gasteiger partial charge in [0.25, 0.3) is 0 Å². The second-order valence-electron chi connectivity index (χ2n) is 2.57. The molecule has 0 aliphatic heterocycles. The fourth-order valence-electron chi connectivity index (χ4n) is 0.740. The average molecular weight is 203 g/mol. The van der Waals surface area contributed by atoms with Gasteiger partial charge >= 0.3 is 0 Å². The number of rotatable bonds is 2. The van der Waals surface area contributed by atoms with Crippen molar-refractivity contribution >= 4 is 15.9 Å². The molecule has 0 radical (unpaired) electrons. The maximum absolute atomic E-state index is 4.15. The summed E-state index contributed by atoms with van der Waals surface area (Å²) in [5.41, 5.74) is 1.20. The highest BCUT2D eigenvalue weighted by atomic mass is 79.9. The largest absolute Gasteiger partial charge is 0.345 e. The van der Waals surface area contributed by atoms with Crippen molar-refractivity contribution in [2.24, 2.45) is 0 Å². The van der Waals surface area contributed by atoms with Gasteiger partial charge in [0.1, 0.15) is 5.82 Å². The van der Waals surface area contributed by atoms with E-state index < -0.39 is 0 Å². The number of hydrogen-bond donors (Lipinski definition) is 1. The minimum Gasteiger partial charge on any atom is -0.345 e. The van der Waals surface area contributed by atoms with E-state index in [-0.39, 0.29) is 0 Å². The van der Waals surface area contributed by atoms with Gasteiger partial charge in [-0.25, -0.2) is 4.98 Å². The van der Waals surface area contributed by atoms with Crippen LogP contribution in [-0.4, -0.2) is 9.97 Å². The summed E-state index contributed by atoms with van der Waals surface area (Å²) in [5, 5.41) is 0.805. The summed E-state index contributed by atoms with van der Waals surface area (Å²) in [6.07, 6.45) is 1.89. The third kappa shape index (κ3) is 1.59. The van der Waals surface area contributed by atoms with E-state index in [1.54, 1.807) is 0 Å². The third-order valence-corrected chi connectivity index (χ3v) is 1.93. The molecule has 2 nitrogen and oxygen atoms in total. The summed E-state index contributed by atoms with van der Waals surface area (Å²) in [6, 6.07) is 0. The first-order valence-corrected chi connectivity index (χ1v) is 4.46. The van der Waals surface area contributed by atoms with Crippen LogP contribution in [0.3, 0.4) is 0 Å². The molecule has 0 bridgehead atoms. The number of aromatic amines is 1. The smallest absolute Gasteiger partial charge is 0.116 e. The van der Waals surface area contributed by atoms with E-state index in [1.807, 2.05) is 6.20 Å². The summed E-state index contributed by atoms with van der Waals surface area (Å²) in [7, 11) is 0. The van der Waals surface area contributed by atoms with Crippen molar-refractivity contribution in [2.75, 3.05) is 0 Å². The number of halogens is 1. The Hall–Kier alpha value is -0.310. The molecule has 3 heteroatoms. The molecular weight excluding hydrogens is 192 g/mol. The predicted octanol–water partition coefficient (Wildman–Crippen LogP) is 2.43. The Morgan fingerprint density at radius 1 is 1.70 bits per heavy atom. The van der Waals surface area contributed by atoms with Gasteiger partial charge in [-0.2, -0.15) is 0 Å². The predicted molar refractivity (Wildman–Crippen MR) is 45.3 cm³/mol. The van der Waals surface area contributed by atoms with Crippen molar-refractivity contribution in [3.8, 4) is 0 Å². The lowest BCUT2D eigenvalue weighted by Gasteiger charge is -1.97. The van der Waals surface area contributed by atoms with E-state index in [1.165, 1.54) is 5.69 Å². The Labute approximate surface area is 69.2 Å². The molecule has 1 heterocycles. The van der Waals surface area contributed by atoms with E-state index in [4.69, 9.17) is 0 Å². The van der Waals surface area contributed by atoms with Crippen LogP contribution < -0.4 is 0 Å². The zero-order valence-electron chi connectivity index (χ0n) is 6.19. The van der Waals surface area contributed by atoms with Crippen molar-refractivity contribution in [1.82, 2.24) is 9.97 Å². The maximum Gasteiger partial charge on any atom is 0.116 e. The van der Waals surface area contributed by atoms with Crippen LogP contribution in [0.15, 0.2) is 6.20 Å². The van der Waals surface area contributed by atoms with Crippen molar-refractivity contribution in [2.45, 2.75) is 25.1 Å². The molecule has 1 rings (SSSR count). The first-order valence-electron chi connectivity index (χ1n) is 3.33. The first kappa shape index (κ1) is 7.79. The van der Waals surface area contributed by atoms with E-state index in [0.717, 1.165) is 11.2 Å².